The van der Waals surface area contributed by atoms with Crippen LogP contribution in [0.25, 0.3) is 0 Å². The second kappa shape index (κ2) is 6.94. The van der Waals surface area contributed by atoms with Gasteiger partial charge in [-0.05, 0) is 43.5 Å². The number of hydrogen-bond acceptors (Lipinski definition) is 2. The largest absolute Gasteiger partial charge is 0.356 e. The van der Waals surface area contributed by atoms with Crippen molar-refractivity contribution < 1.29 is 9.59 Å². The van der Waals surface area contributed by atoms with Crippen LogP contribution >= 0.6 is 11.6 Å². The summed E-state index contributed by atoms with van der Waals surface area (Å²) < 4.78 is 0. The second-order valence-corrected chi connectivity index (χ2v) is 5.89. The van der Waals surface area contributed by atoms with Crippen molar-refractivity contribution >= 4 is 29.1 Å². The molecule has 1 aliphatic heterocycles. The molecular weight excluding hydrogens is 288 g/mol. The minimum atomic E-state index is -0.269. The van der Waals surface area contributed by atoms with E-state index in [1.54, 1.807) is 4.90 Å². The van der Waals surface area contributed by atoms with E-state index in [4.69, 9.17) is 11.6 Å². The zero-order valence-electron chi connectivity index (χ0n) is 12.5. The lowest BCUT2D eigenvalue weighted by atomic mass is 10.1. The Morgan fingerprint density at radius 1 is 1.38 bits per heavy atom. The number of carbonyl (C=O) groups is 2. The Balaban J connectivity index is 2.02. The van der Waals surface area contributed by atoms with Crippen LogP contribution in [0.4, 0.5) is 5.69 Å². The maximum Gasteiger partial charge on any atom is 0.227 e. The van der Waals surface area contributed by atoms with Crippen LogP contribution < -0.4 is 10.2 Å². The number of carbonyl (C=O) groups excluding carboxylic acids is 2. The zero-order chi connectivity index (χ0) is 15.4. The summed E-state index contributed by atoms with van der Waals surface area (Å²) >= 11 is 5.58. The number of benzene rings is 1. The highest BCUT2D eigenvalue weighted by Crippen LogP contribution is 2.26. The summed E-state index contributed by atoms with van der Waals surface area (Å²) in [5.41, 5.74) is 3.22. The molecule has 0 aromatic heterocycles. The highest BCUT2D eigenvalue weighted by atomic mass is 35.5. The quantitative estimate of drug-likeness (QED) is 0.671. The monoisotopic (exact) mass is 308 g/mol. The van der Waals surface area contributed by atoms with Crippen LogP contribution in [-0.2, 0) is 9.59 Å². The molecule has 1 saturated heterocycles. The topological polar surface area (TPSA) is 49.4 Å². The summed E-state index contributed by atoms with van der Waals surface area (Å²) in [5, 5.41) is 2.84. The third-order valence-electron chi connectivity index (χ3n) is 3.91. The van der Waals surface area contributed by atoms with E-state index in [1.165, 1.54) is 5.56 Å². The van der Waals surface area contributed by atoms with Gasteiger partial charge in [0.1, 0.15) is 0 Å². The number of amides is 2. The lowest BCUT2D eigenvalue weighted by Crippen LogP contribution is -2.33. The van der Waals surface area contributed by atoms with E-state index >= 15 is 0 Å². The van der Waals surface area contributed by atoms with Gasteiger partial charge in [-0.15, -0.1) is 11.6 Å². The fourth-order valence-corrected chi connectivity index (χ4v) is 2.58. The van der Waals surface area contributed by atoms with Crippen molar-refractivity contribution in [2.75, 3.05) is 23.9 Å². The molecule has 5 heteroatoms. The molecule has 0 radical (unpaired) electrons. The average molecular weight is 309 g/mol. The molecule has 1 aromatic carbocycles. The number of nitrogens with zero attached hydrogens (tertiary/aromatic N) is 1. The van der Waals surface area contributed by atoms with Crippen LogP contribution in [0.15, 0.2) is 18.2 Å². The van der Waals surface area contributed by atoms with Gasteiger partial charge < -0.3 is 10.2 Å². The first kappa shape index (κ1) is 15.8. The maximum absolute atomic E-state index is 12.1. The predicted octanol–water partition coefficient (Wildman–Crippen LogP) is 2.40. The fourth-order valence-electron chi connectivity index (χ4n) is 2.45. The fraction of sp³-hybridized carbons (Fsp3) is 0.500. The molecule has 1 aromatic rings. The zero-order valence-corrected chi connectivity index (χ0v) is 13.2. The van der Waals surface area contributed by atoms with Crippen LogP contribution in [0.1, 0.15) is 24.0 Å². The van der Waals surface area contributed by atoms with E-state index in [-0.39, 0.29) is 24.2 Å². The average Bonchev–Trinajstić information content (AvgIpc) is 2.84. The summed E-state index contributed by atoms with van der Waals surface area (Å²) in [4.78, 5) is 25.9. The predicted molar refractivity (Wildman–Crippen MR) is 84.7 cm³/mol. The minimum absolute atomic E-state index is 0.00995. The molecule has 0 aliphatic carbocycles. The maximum atomic E-state index is 12.1. The molecule has 0 spiro atoms. The van der Waals surface area contributed by atoms with Crippen molar-refractivity contribution in [2.45, 2.75) is 26.7 Å². The number of rotatable bonds is 5. The molecule has 4 nitrogen and oxygen atoms in total. The smallest absolute Gasteiger partial charge is 0.227 e. The Morgan fingerprint density at radius 2 is 2.14 bits per heavy atom. The van der Waals surface area contributed by atoms with Crippen LogP contribution in [0, 0.1) is 19.8 Å². The Bertz CT molecular complexity index is 545. The van der Waals surface area contributed by atoms with Gasteiger partial charge in [-0.2, -0.15) is 0 Å². The van der Waals surface area contributed by atoms with E-state index in [2.05, 4.69) is 5.32 Å². The number of anilines is 1. The molecule has 1 atom stereocenters. The van der Waals surface area contributed by atoms with Gasteiger partial charge in [-0.1, -0.05) is 6.07 Å². The minimum Gasteiger partial charge on any atom is -0.356 e. The number of hydrogen-bond donors (Lipinski definition) is 1. The molecule has 114 valence electrons. The third kappa shape index (κ3) is 3.76. The van der Waals surface area contributed by atoms with Crippen molar-refractivity contribution in [1.29, 1.82) is 0 Å². The normalized spacial score (nSPS) is 18.1. The molecule has 1 unspecified atom stereocenters. The van der Waals surface area contributed by atoms with Gasteiger partial charge in [0.05, 0.1) is 5.92 Å². The van der Waals surface area contributed by atoms with Gasteiger partial charge in [-0.25, -0.2) is 0 Å². The molecule has 1 fully saturated rings. The van der Waals surface area contributed by atoms with Gasteiger partial charge in [0.25, 0.3) is 0 Å². The summed E-state index contributed by atoms with van der Waals surface area (Å²) in [6, 6.07) is 5.95. The number of halogens is 1. The van der Waals surface area contributed by atoms with Crippen molar-refractivity contribution in [3.8, 4) is 0 Å². The highest BCUT2D eigenvalue weighted by Gasteiger charge is 2.34. The second-order valence-electron chi connectivity index (χ2n) is 5.51. The molecular formula is C16H21ClN2O2. The van der Waals surface area contributed by atoms with E-state index in [0.29, 0.717) is 19.0 Å². The van der Waals surface area contributed by atoms with Gasteiger partial charge in [0, 0.05) is 31.1 Å². The lowest BCUT2D eigenvalue weighted by molar-refractivity contribution is -0.126. The van der Waals surface area contributed by atoms with Crippen molar-refractivity contribution in [3.05, 3.63) is 29.3 Å². The summed E-state index contributed by atoms with van der Waals surface area (Å²) in [6.07, 6.45) is 1.02. The lowest BCUT2D eigenvalue weighted by Gasteiger charge is -2.18. The van der Waals surface area contributed by atoms with Gasteiger partial charge >= 0.3 is 0 Å². The van der Waals surface area contributed by atoms with Crippen molar-refractivity contribution in [2.24, 2.45) is 5.92 Å². The Kier molecular flexibility index (Phi) is 5.23. The molecule has 2 rings (SSSR count). The molecule has 0 bridgehead atoms. The summed E-state index contributed by atoms with van der Waals surface area (Å²) in [5.74, 6) is 0.212. The van der Waals surface area contributed by atoms with Crippen LogP contribution in [0.5, 0.6) is 0 Å². The standard InChI is InChI=1S/C16H21ClN2O2/c1-11-4-5-14(8-12(11)2)19-10-13(9-15(19)20)16(21)18-7-3-6-17/h4-5,8,13H,3,6-7,9-10H2,1-2H3,(H,18,21). The Hall–Kier alpha value is -1.55. The molecule has 1 N–H and O–H groups in total. The van der Waals surface area contributed by atoms with Gasteiger partial charge in [0.15, 0.2) is 0 Å². The summed E-state index contributed by atoms with van der Waals surface area (Å²) in [7, 11) is 0. The molecule has 2 amide bonds. The van der Waals surface area contributed by atoms with E-state index in [0.717, 1.165) is 17.7 Å². The molecule has 0 saturated carbocycles. The first-order valence-corrected chi connectivity index (χ1v) is 7.77. The molecule has 1 heterocycles. The number of alkyl halides is 1. The number of aryl methyl sites for hydroxylation is 2. The summed E-state index contributed by atoms with van der Waals surface area (Å²) in [6.45, 7) is 5.08. The van der Waals surface area contributed by atoms with Gasteiger partial charge in [0.2, 0.25) is 11.8 Å². The van der Waals surface area contributed by atoms with E-state index < -0.39 is 0 Å². The SMILES string of the molecule is Cc1ccc(N2CC(C(=O)NCCCCl)CC2=O)cc1C. The Labute approximate surface area is 130 Å². The van der Waals surface area contributed by atoms with Crippen molar-refractivity contribution in [3.63, 3.8) is 0 Å². The van der Waals surface area contributed by atoms with Crippen LogP contribution in [0.2, 0.25) is 0 Å². The first-order chi connectivity index (χ1) is 10.0. The number of nitrogens with one attached hydrogen (secondary N) is 1. The molecule has 1 aliphatic rings. The van der Waals surface area contributed by atoms with Crippen LogP contribution in [0.3, 0.4) is 0 Å². The Morgan fingerprint density at radius 3 is 2.81 bits per heavy atom. The van der Waals surface area contributed by atoms with Gasteiger partial charge in [-0.3, -0.25) is 9.59 Å². The van der Waals surface area contributed by atoms with E-state index in [9.17, 15) is 9.59 Å². The van der Waals surface area contributed by atoms with Crippen molar-refractivity contribution in [1.82, 2.24) is 5.32 Å². The van der Waals surface area contributed by atoms with E-state index in [1.807, 2.05) is 32.0 Å². The first-order valence-electron chi connectivity index (χ1n) is 7.24. The highest BCUT2D eigenvalue weighted by molar-refractivity contribution is 6.17. The molecule has 21 heavy (non-hydrogen) atoms. The third-order valence-corrected chi connectivity index (χ3v) is 4.17. The van der Waals surface area contributed by atoms with Crippen LogP contribution in [-0.4, -0.2) is 30.8 Å².